The van der Waals surface area contributed by atoms with Crippen LogP contribution in [-0.4, -0.2) is 35.0 Å². The lowest BCUT2D eigenvalue weighted by Crippen LogP contribution is -2.37. The van der Waals surface area contributed by atoms with Crippen LogP contribution in [0.5, 0.6) is 0 Å². The molecule has 5 heteroatoms. The predicted molar refractivity (Wildman–Crippen MR) is 94.2 cm³/mol. The summed E-state index contributed by atoms with van der Waals surface area (Å²) in [5.41, 5.74) is 0.475. The van der Waals surface area contributed by atoms with E-state index in [0.717, 1.165) is 36.0 Å². The van der Waals surface area contributed by atoms with E-state index < -0.39 is 0 Å². The molecule has 25 heavy (non-hydrogen) atoms. The van der Waals surface area contributed by atoms with E-state index in [1.807, 2.05) is 42.5 Å². The summed E-state index contributed by atoms with van der Waals surface area (Å²) in [6.07, 6.45) is 5.41. The molecule has 128 valence electrons. The van der Waals surface area contributed by atoms with Gasteiger partial charge in [0.15, 0.2) is 0 Å². The van der Waals surface area contributed by atoms with E-state index in [4.69, 9.17) is 9.15 Å². The van der Waals surface area contributed by atoms with E-state index >= 15 is 0 Å². The molecule has 1 atom stereocenters. The van der Waals surface area contributed by atoms with Crippen molar-refractivity contribution in [3.8, 4) is 0 Å². The first-order chi connectivity index (χ1) is 12.3. The monoisotopic (exact) mass is 336 g/mol. The van der Waals surface area contributed by atoms with Gasteiger partial charge in [-0.3, -0.25) is 9.78 Å². The zero-order chi connectivity index (χ0) is 17.1. The van der Waals surface area contributed by atoms with Crippen LogP contribution >= 0.6 is 0 Å². The molecule has 0 spiro atoms. The molecule has 0 saturated carbocycles. The summed E-state index contributed by atoms with van der Waals surface area (Å²) in [4.78, 5) is 19.4. The van der Waals surface area contributed by atoms with Crippen molar-refractivity contribution in [2.24, 2.45) is 0 Å². The molecule has 0 aliphatic carbocycles. The molecule has 1 aliphatic heterocycles. The molecule has 1 saturated heterocycles. The number of rotatable bonds is 5. The van der Waals surface area contributed by atoms with Gasteiger partial charge in [-0.25, -0.2) is 0 Å². The lowest BCUT2D eigenvalue weighted by atomic mass is 10.1. The zero-order valence-electron chi connectivity index (χ0n) is 13.9. The first-order valence-corrected chi connectivity index (χ1v) is 8.58. The van der Waals surface area contributed by atoms with E-state index in [1.54, 1.807) is 17.4 Å². The fraction of sp³-hybridized carbons (Fsp3) is 0.300. The van der Waals surface area contributed by atoms with Crippen LogP contribution in [0.2, 0.25) is 0 Å². The SMILES string of the molecule is O=C(c1nccc2ccccc12)N(Cc1ccco1)CC1CCCO1. The van der Waals surface area contributed by atoms with Crippen molar-refractivity contribution in [3.05, 3.63) is 66.4 Å². The van der Waals surface area contributed by atoms with Crippen LogP contribution in [0.1, 0.15) is 29.1 Å². The summed E-state index contributed by atoms with van der Waals surface area (Å²) in [6.45, 7) is 1.72. The zero-order valence-corrected chi connectivity index (χ0v) is 13.9. The molecule has 1 fully saturated rings. The maximum Gasteiger partial charge on any atom is 0.273 e. The summed E-state index contributed by atoms with van der Waals surface area (Å²) in [6, 6.07) is 13.5. The Morgan fingerprint density at radius 3 is 2.92 bits per heavy atom. The fourth-order valence-electron chi connectivity index (χ4n) is 3.28. The van der Waals surface area contributed by atoms with Crippen LogP contribution in [-0.2, 0) is 11.3 Å². The van der Waals surface area contributed by atoms with Crippen molar-refractivity contribution >= 4 is 16.7 Å². The summed E-state index contributed by atoms with van der Waals surface area (Å²) in [5.74, 6) is 0.662. The maximum atomic E-state index is 13.2. The van der Waals surface area contributed by atoms with Crippen molar-refractivity contribution in [3.63, 3.8) is 0 Å². The largest absolute Gasteiger partial charge is 0.467 e. The molecule has 4 rings (SSSR count). The quantitative estimate of drug-likeness (QED) is 0.714. The van der Waals surface area contributed by atoms with E-state index in [1.165, 1.54) is 0 Å². The number of fused-ring (bicyclic) bond motifs is 1. The van der Waals surface area contributed by atoms with Gasteiger partial charge in [0, 0.05) is 24.7 Å². The molecule has 0 bridgehead atoms. The van der Waals surface area contributed by atoms with Crippen molar-refractivity contribution in [2.45, 2.75) is 25.5 Å². The third kappa shape index (κ3) is 3.42. The van der Waals surface area contributed by atoms with Crippen molar-refractivity contribution < 1.29 is 13.9 Å². The highest BCUT2D eigenvalue weighted by Gasteiger charge is 2.26. The Kier molecular flexibility index (Phi) is 4.48. The van der Waals surface area contributed by atoms with E-state index in [2.05, 4.69) is 4.98 Å². The fourth-order valence-corrected chi connectivity index (χ4v) is 3.28. The summed E-state index contributed by atoms with van der Waals surface area (Å²) >= 11 is 0. The van der Waals surface area contributed by atoms with Gasteiger partial charge in [0.1, 0.15) is 11.5 Å². The molecule has 0 N–H and O–H groups in total. The number of nitrogens with zero attached hydrogens (tertiary/aromatic N) is 2. The number of hydrogen-bond acceptors (Lipinski definition) is 4. The number of furan rings is 1. The minimum Gasteiger partial charge on any atom is -0.467 e. The van der Waals surface area contributed by atoms with Gasteiger partial charge in [0.25, 0.3) is 5.91 Å². The molecule has 3 aromatic rings. The Bertz CT molecular complexity index is 849. The van der Waals surface area contributed by atoms with Crippen molar-refractivity contribution in [2.75, 3.05) is 13.2 Å². The third-order valence-corrected chi connectivity index (χ3v) is 4.54. The van der Waals surface area contributed by atoms with Crippen LogP contribution in [0.3, 0.4) is 0 Å². The topological polar surface area (TPSA) is 55.6 Å². The molecule has 1 aromatic carbocycles. The lowest BCUT2D eigenvalue weighted by molar-refractivity contribution is 0.0489. The Balaban J connectivity index is 1.65. The number of hydrogen-bond donors (Lipinski definition) is 0. The molecule has 1 unspecified atom stereocenters. The normalized spacial score (nSPS) is 17.0. The number of ether oxygens (including phenoxy) is 1. The van der Waals surface area contributed by atoms with E-state index in [0.29, 0.717) is 18.8 Å². The van der Waals surface area contributed by atoms with Gasteiger partial charge >= 0.3 is 0 Å². The van der Waals surface area contributed by atoms with Gasteiger partial charge in [-0.15, -0.1) is 0 Å². The summed E-state index contributed by atoms with van der Waals surface area (Å²) in [7, 11) is 0. The van der Waals surface area contributed by atoms with Gasteiger partial charge in [-0.05, 0) is 36.4 Å². The number of pyridine rings is 1. The van der Waals surface area contributed by atoms with Crippen LogP contribution in [0.25, 0.3) is 10.8 Å². The van der Waals surface area contributed by atoms with Gasteiger partial charge in [-0.2, -0.15) is 0 Å². The molecule has 1 aliphatic rings. The number of carbonyl (C=O) groups excluding carboxylic acids is 1. The van der Waals surface area contributed by atoms with Gasteiger partial charge in [-0.1, -0.05) is 24.3 Å². The minimum atomic E-state index is -0.0938. The van der Waals surface area contributed by atoms with E-state index in [-0.39, 0.29) is 12.0 Å². The minimum absolute atomic E-state index is 0.0777. The Morgan fingerprint density at radius 2 is 2.12 bits per heavy atom. The maximum absolute atomic E-state index is 13.2. The number of carbonyl (C=O) groups is 1. The van der Waals surface area contributed by atoms with Gasteiger partial charge < -0.3 is 14.1 Å². The summed E-state index contributed by atoms with van der Waals surface area (Å²) < 4.78 is 11.2. The molecule has 2 aromatic heterocycles. The van der Waals surface area contributed by atoms with Crippen LogP contribution in [0, 0.1) is 0 Å². The smallest absolute Gasteiger partial charge is 0.273 e. The lowest BCUT2D eigenvalue weighted by Gasteiger charge is -2.24. The Hall–Kier alpha value is -2.66. The van der Waals surface area contributed by atoms with Crippen molar-refractivity contribution in [1.82, 2.24) is 9.88 Å². The highest BCUT2D eigenvalue weighted by molar-refractivity contribution is 6.05. The number of benzene rings is 1. The second kappa shape index (κ2) is 7.07. The number of amides is 1. The average Bonchev–Trinajstić information content (AvgIpc) is 3.34. The first kappa shape index (κ1) is 15.8. The molecule has 3 heterocycles. The van der Waals surface area contributed by atoms with Crippen LogP contribution in [0.15, 0.2) is 59.3 Å². The standard InChI is InChI=1S/C20H20N2O3/c23-20(19-18-8-2-1-5-15(18)9-10-21-19)22(13-16-6-3-11-24-16)14-17-7-4-12-25-17/h1-3,5-6,8-11,17H,4,7,12-14H2. The molecule has 5 nitrogen and oxygen atoms in total. The average molecular weight is 336 g/mol. The number of aromatic nitrogens is 1. The Labute approximate surface area is 146 Å². The highest BCUT2D eigenvalue weighted by Crippen LogP contribution is 2.21. The highest BCUT2D eigenvalue weighted by atomic mass is 16.5. The first-order valence-electron chi connectivity index (χ1n) is 8.58. The van der Waals surface area contributed by atoms with Crippen LogP contribution in [0.4, 0.5) is 0 Å². The second-order valence-electron chi connectivity index (χ2n) is 6.28. The third-order valence-electron chi connectivity index (χ3n) is 4.54. The van der Waals surface area contributed by atoms with E-state index in [9.17, 15) is 4.79 Å². The molecular weight excluding hydrogens is 316 g/mol. The molecular formula is C20H20N2O3. The second-order valence-corrected chi connectivity index (χ2v) is 6.28. The molecule has 0 radical (unpaired) electrons. The van der Waals surface area contributed by atoms with Crippen molar-refractivity contribution in [1.29, 1.82) is 0 Å². The van der Waals surface area contributed by atoms with Gasteiger partial charge in [0.05, 0.1) is 18.9 Å². The Morgan fingerprint density at radius 1 is 1.20 bits per heavy atom. The molecule has 1 amide bonds. The summed E-state index contributed by atoms with van der Waals surface area (Å²) in [5, 5.41) is 1.88. The van der Waals surface area contributed by atoms with Crippen LogP contribution < -0.4 is 0 Å². The van der Waals surface area contributed by atoms with Gasteiger partial charge in [0.2, 0.25) is 0 Å². The predicted octanol–water partition coefficient (Wildman–Crippen LogP) is 3.65.